The van der Waals surface area contributed by atoms with Gasteiger partial charge in [-0.1, -0.05) is 33.6 Å². The van der Waals surface area contributed by atoms with Gasteiger partial charge in [-0.2, -0.15) is 0 Å². The lowest BCUT2D eigenvalue weighted by atomic mass is 9.92. The van der Waals surface area contributed by atoms with Crippen LogP contribution >= 0.6 is 0 Å². The van der Waals surface area contributed by atoms with Crippen LogP contribution in [0.3, 0.4) is 0 Å². The minimum absolute atomic E-state index is 0.00139. The molecule has 0 amide bonds. The van der Waals surface area contributed by atoms with Crippen molar-refractivity contribution < 1.29 is 5.11 Å². The van der Waals surface area contributed by atoms with Gasteiger partial charge in [0.15, 0.2) is 5.65 Å². The molecular weight excluding hydrogens is 364 g/mol. The van der Waals surface area contributed by atoms with Crippen molar-refractivity contribution in [2.45, 2.75) is 78.0 Å². The highest BCUT2D eigenvalue weighted by molar-refractivity contribution is 5.72. The third-order valence-electron chi connectivity index (χ3n) is 6.70. The fraction of sp³-hybridized carbons (Fsp3) is 0.739. The van der Waals surface area contributed by atoms with E-state index in [2.05, 4.69) is 37.8 Å². The van der Waals surface area contributed by atoms with Crippen molar-refractivity contribution in [3.63, 3.8) is 0 Å². The molecular formula is C23H36N4O2. The molecule has 0 spiro atoms. The largest absolute Gasteiger partial charge is 0.378 e. The molecule has 1 N–H and O–H groups in total. The molecule has 1 aliphatic carbocycles. The summed E-state index contributed by atoms with van der Waals surface area (Å²) in [5.41, 5.74) is 2.75. The normalized spacial score (nSPS) is 23.1. The summed E-state index contributed by atoms with van der Waals surface area (Å²) < 4.78 is 3.53. The molecule has 1 saturated heterocycles. The minimum atomic E-state index is -0.318. The van der Waals surface area contributed by atoms with E-state index in [-0.39, 0.29) is 17.3 Å². The van der Waals surface area contributed by atoms with Gasteiger partial charge in [0, 0.05) is 38.3 Å². The maximum Gasteiger partial charge on any atom is 0.330 e. The van der Waals surface area contributed by atoms with Crippen LogP contribution in [-0.2, 0) is 13.6 Å². The molecule has 6 nitrogen and oxygen atoms in total. The number of fused-ring (bicyclic) bond motifs is 1. The van der Waals surface area contributed by atoms with Crippen molar-refractivity contribution in [2.24, 2.45) is 18.4 Å². The molecule has 2 unspecified atom stereocenters. The van der Waals surface area contributed by atoms with Gasteiger partial charge < -0.3 is 5.11 Å². The number of hydrogen-bond donors (Lipinski definition) is 1. The Bertz CT molecular complexity index is 917. The molecule has 1 aliphatic heterocycles. The Kier molecular flexibility index (Phi) is 5.60. The van der Waals surface area contributed by atoms with Crippen LogP contribution in [0.1, 0.15) is 70.9 Å². The number of piperidine rings is 1. The molecule has 0 bridgehead atoms. The lowest BCUT2D eigenvalue weighted by Gasteiger charge is -2.38. The fourth-order valence-corrected chi connectivity index (χ4v) is 5.18. The van der Waals surface area contributed by atoms with E-state index in [0.717, 1.165) is 55.6 Å². The number of aliphatic hydroxyl groups excluding tert-OH is 1. The number of aryl methyl sites for hydroxylation is 1. The molecule has 3 heterocycles. The van der Waals surface area contributed by atoms with Gasteiger partial charge in [0.05, 0.1) is 5.52 Å². The summed E-state index contributed by atoms with van der Waals surface area (Å²) in [7, 11) is 1.82. The summed E-state index contributed by atoms with van der Waals surface area (Å²) >= 11 is 0. The second kappa shape index (κ2) is 7.88. The first-order chi connectivity index (χ1) is 13.7. The van der Waals surface area contributed by atoms with Gasteiger partial charge in [0.1, 0.15) is 6.23 Å². The Morgan fingerprint density at radius 1 is 1.17 bits per heavy atom. The van der Waals surface area contributed by atoms with Gasteiger partial charge in [-0.25, -0.2) is 9.78 Å². The number of likely N-dealkylation sites (tertiary alicyclic amines) is 1. The SMILES string of the molecule is Cn1c(=O)n(CC(C)(C)C)c2ccc(C3CCCN(C(O)C4CCCC4)C3)nc21. The fourth-order valence-electron chi connectivity index (χ4n) is 5.18. The average molecular weight is 401 g/mol. The minimum Gasteiger partial charge on any atom is -0.378 e. The van der Waals surface area contributed by atoms with Gasteiger partial charge in [0.25, 0.3) is 0 Å². The Hall–Kier alpha value is -1.66. The lowest BCUT2D eigenvalue weighted by molar-refractivity contribution is -0.0514. The second-order valence-corrected chi connectivity index (χ2v) is 10.4. The zero-order valence-electron chi connectivity index (χ0n) is 18.4. The van der Waals surface area contributed by atoms with Crippen molar-refractivity contribution in [1.82, 2.24) is 19.0 Å². The number of aliphatic hydroxyl groups is 1. The molecule has 1 saturated carbocycles. The molecule has 2 aromatic heterocycles. The molecule has 0 radical (unpaired) electrons. The predicted octanol–water partition coefficient (Wildman–Crippen LogP) is 3.47. The first-order valence-corrected chi connectivity index (χ1v) is 11.2. The van der Waals surface area contributed by atoms with E-state index in [1.165, 1.54) is 12.8 Å². The predicted molar refractivity (Wildman–Crippen MR) is 116 cm³/mol. The number of rotatable bonds is 4. The zero-order chi connectivity index (χ0) is 20.8. The van der Waals surface area contributed by atoms with Crippen LogP contribution in [0, 0.1) is 11.3 Å². The van der Waals surface area contributed by atoms with Crippen LogP contribution in [0.4, 0.5) is 0 Å². The van der Waals surface area contributed by atoms with E-state index >= 15 is 0 Å². The third-order valence-corrected chi connectivity index (χ3v) is 6.70. The van der Waals surface area contributed by atoms with Crippen molar-refractivity contribution in [3.05, 3.63) is 28.3 Å². The van der Waals surface area contributed by atoms with Crippen molar-refractivity contribution in [3.8, 4) is 0 Å². The zero-order valence-corrected chi connectivity index (χ0v) is 18.4. The van der Waals surface area contributed by atoms with Crippen LogP contribution in [-0.4, -0.2) is 43.4 Å². The van der Waals surface area contributed by atoms with Crippen LogP contribution in [0.25, 0.3) is 11.2 Å². The van der Waals surface area contributed by atoms with Crippen LogP contribution in [0.15, 0.2) is 16.9 Å². The maximum absolute atomic E-state index is 12.8. The van der Waals surface area contributed by atoms with Crippen LogP contribution in [0.2, 0.25) is 0 Å². The highest BCUT2D eigenvalue weighted by atomic mass is 16.3. The van der Waals surface area contributed by atoms with E-state index in [1.54, 1.807) is 4.57 Å². The summed E-state index contributed by atoms with van der Waals surface area (Å²) in [5, 5.41) is 10.9. The molecule has 4 rings (SSSR count). The molecule has 29 heavy (non-hydrogen) atoms. The van der Waals surface area contributed by atoms with Gasteiger partial charge in [0.2, 0.25) is 0 Å². The van der Waals surface area contributed by atoms with Crippen LogP contribution in [0.5, 0.6) is 0 Å². The summed E-state index contributed by atoms with van der Waals surface area (Å²) in [6.07, 6.45) is 6.64. The molecule has 6 heteroatoms. The van der Waals surface area contributed by atoms with E-state index < -0.39 is 0 Å². The van der Waals surface area contributed by atoms with Crippen molar-refractivity contribution >= 4 is 11.2 Å². The Labute approximate surface area is 173 Å². The number of pyridine rings is 1. The van der Waals surface area contributed by atoms with Gasteiger partial charge >= 0.3 is 5.69 Å². The molecule has 2 fully saturated rings. The second-order valence-electron chi connectivity index (χ2n) is 10.4. The Morgan fingerprint density at radius 3 is 2.59 bits per heavy atom. The average Bonchev–Trinajstić information content (AvgIpc) is 3.30. The van der Waals surface area contributed by atoms with E-state index in [4.69, 9.17) is 4.98 Å². The van der Waals surface area contributed by atoms with Gasteiger partial charge in [-0.15, -0.1) is 0 Å². The van der Waals surface area contributed by atoms with Gasteiger partial charge in [-0.05, 0) is 49.1 Å². The molecule has 2 aliphatic rings. The van der Waals surface area contributed by atoms with Crippen LogP contribution < -0.4 is 5.69 Å². The number of aromatic nitrogens is 3. The number of hydrogen-bond acceptors (Lipinski definition) is 4. The maximum atomic E-state index is 12.8. The van der Waals surface area contributed by atoms with Crippen molar-refractivity contribution in [2.75, 3.05) is 13.1 Å². The first kappa shape index (κ1) is 20.6. The number of imidazole rings is 1. The molecule has 0 aromatic carbocycles. The summed E-state index contributed by atoms with van der Waals surface area (Å²) in [4.78, 5) is 20.0. The monoisotopic (exact) mass is 400 g/mol. The first-order valence-electron chi connectivity index (χ1n) is 11.2. The Balaban J connectivity index is 1.59. The summed E-state index contributed by atoms with van der Waals surface area (Å²) in [5.74, 6) is 0.738. The van der Waals surface area contributed by atoms with E-state index in [9.17, 15) is 9.90 Å². The van der Waals surface area contributed by atoms with Crippen molar-refractivity contribution in [1.29, 1.82) is 0 Å². The quantitative estimate of drug-likeness (QED) is 0.854. The van der Waals surface area contributed by atoms with Gasteiger partial charge in [-0.3, -0.25) is 14.0 Å². The Morgan fingerprint density at radius 2 is 1.90 bits per heavy atom. The smallest absolute Gasteiger partial charge is 0.330 e. The number of nitrogens with zero attached hydrogens (tertiary/aromatic N) is 4. The molecule has 160 valence electrons. The highest BCUT2D eigenvalue weighted by Gasteiger charge is 2.32. The highest BCUT2D eigenvalue weighted by Crippen LogP contribution is 2.33. The molecule has 2 atom stereocenters. The molecule has 2 aromatic rings. The standard InChI is InChI=1S/C23H36N4O2/c1-23(2,3)15-27-19-12-11-18(24-20(19)25(4)22(27)29)17-10-7-13-26(14-17)21(28)16-8-5-6-9-16/h11-12,16-17,21,28H,5-10,13-15H2,1-4H3. The summed E-state index contributed by atoms with van der Waals surface area (Å²) in [6, 6.07) is 4.16. The topological polar surface area (TPSA) is 63.3 Å². The van der Waals surface area contributed by atoms with E-state index in [0.29, 0.717) is 18.4 Å². The lowest BCUT2D eigenvalue weighted by Crippen LogP contribution is -2.45. The van der Waals surface area contributed by atoms with E-state index in [1.807, 2.05) is 11.6 Å². The summed E-state index contributed by atoms with van der Waals surface area (Å²) in [6.45, 7) is 8.93. The third kappa shape index (κ3) is 4.15.